The Kier molecular flexibility index (Phi) is 12.9. The van der Waals surface area contributed by atoms with E-state index in [1.165, 1.54) is 6.07 Å². The summed E-state index contributed by atoms with van der Waals surface area (Å²) in [6.07, 6.45) is -1.38. The zero-order valence-corrected chi connectivity index (χ0v) is 24.7. The number of alkyl carbamates (subject to hydrolysis) is 2. The van der Waals surface area contributed by atoms with Gasteiger partial charge in [-0.1, -0.05) is 52.6 Å². The number of carbonyl (C=O) groups excluding carboxylic acids is 2. The molecular weight excluding hydrogens is 559 g/mol. The molecule has 0 radical (unpaired) electrons. The topological polar surface area (TPSA) is 199 Å². The molecule has 12 nitrogen and oxygen atoms in total. The molecule has 2 amide bonds. The Bertz CT molecular complexity index is 1300. The molecule has 0 unspecified atom stereocenters. The number of nitrogens with two attached hydrogens (primary N) is 1. The van der Waals surface area contributed by atoms with Gasteiger partial charge in [-0.2, -0.15) is 0 Å². The molecule has 216 valence electrons. The number of nitrogens with one attached hydrogen (secondary N) is 4. The maximum atomic E-state index is 11.6. The van der Waals surface area contributed by atoms with Crippen LogP contribution in [0.25, 0.3) is 10.4 Å². The molecule has 2 aromatic rings. The standard InChI is InChI=1S/C13H16ClN5O2.C13H18ClN3O2/c1-13(2,3)21-12(20)18-11(15)8-4-5-9(7-17-19-16)10(14)6-8;1-13(2,3)19-12(18)17-11(16)8-4-5-9(7-15)10(14)6-8/h4-6H,7H2,1-3H3,(H2,15,18,20);4-6H,7,15H2,1-3H3,(H2,16,17,18). The van der Waals surface area contributed by atoms with Gasteiger partial charge in [-0.15, -0.1) is 0 Å². The number of benzene rings is 2. The molecule has 0 saturated heterocycles. The Balaban J connectivity index is 0.000000402. The number of amides is 2. The first-order valence-corrected chi connectivity index (χ1v) is 12.7. The molecular formula is C26H34Cl2N8O4. The summed E-state index contributed by atoms with van der Waals surface area (Å²) in [7, 11) is 0. The Morgan fingerprint density at radius 2 is 1.27 bits per heavy atom. The van der Waals surface area contributed by atoms with Crippen molar-refractivity contribution < 1.29 is 19.1 Å². The first-order chi connectivity index (χ1) is 18.5. The lowest BCUT2D eigenvalue weighted by Crippen LogP contribution is -2.36. The van der Waals surface area contributed by atoms with Gasteiger partial charge >= 0.3 is 12.2 Å². The third kappa shape index (κ3) is 12.8. The third-order valence-electron chi connectivity index (χ3n) is 4.46. The van der Waals surface area contributed by atoms with E-state index in [1.807, 2.05) is 0 Å². The highest BCUT2D eigenvalue weighted by molar-refractivity contribution is 6.32. The molecule has 0 aliphatic carbocycles. The molecule has 0 atom stereocenters. The summed E-state index contributed by atoms with van der Waals surface area (Å²) in [4.78, 5) is 25.8. The number of azide groups is 1. The van der Waals surface area contributed by atoms with E-state index in [0.29, 0.717) is 33.3 Å². The van der Waals surface area contributed by atoms with Gasteiger partial charge in [0.2, 0.25) is 0 Å². The van der Waals surface area contributed by atoms with Crippen molar-refractivity contribution in [3.63, 3.8) is 0 Å². The second-order valence-electron chi connectivity index (χ2n) is 10.2. The molecule has 2 rings (SSSR count). The normalized spacial score (nSPS) is 10.7. The van der Waals surface area contributed by atoms with E-state index in [-0.39, 0.29) is 18.2 Å². The lowest BCUT2D eigenvalue weighted by atomic mass is 10.1. The van der Waals surface area contributed by atoms with Gasteiger partial charge < -0.3 is 15.2 Å². The van der Waals surface area contributed by atoms with Crippen molar-refractivity contribution in [2.24, 2.45) is 10.8 Å². The lowest BCUT2D eigenvalue weighted by molar-refractivity contribution is 0.0551. The first-order valence-electron chi connectivity index (χ1n) is 11.9. The zero-order valence-electron chi connectivity index (χ0n) is 23.2. The van der Waals surface area contributed by atoms with Crippen molar-refractivity contribution >= 4 is 47.1 Å². The van der Waals surface area contributed by atoms with Crippen LogP contribution in [0.5, 0.6) is 0 Å². The Morgan fingerprint density at radius 3 is 1.60 bits per heavy atom. The van der Waals surface area contributed by atoms with Crippen molar-refractivity contribution in [1.82, 2.24) is 10.6 Å². The molecule has 0 bridgehead atoms. The first kappa shape index (κ1) is 34.2. The minimum atomic E-state index is -0.707. The summed E-state index contributed by atoms with van der Waals surface area (Å²) in [5, 5.41) is 24.5. The van der Waals surface area contributed by atoms with Crippen molar-refractivity contribution in [1.29, 1.82) is 10.8 Å². The average molecular weight is 594 g/mol. The van der Waals surface area contributed by atoms with Crippen LogP contribution >= 0.6 is 23.2 Å². The summed E-state index contributed by atoms with van der Waals surface area (Å²) >= 11 is 12.0. The number of nitrogens with zero attached hydrogens (tertiary/aromatic N) is 3. The number of rotatable bonds is 5. The van der Waals surface area contributed by atoms with Crippen LogP contribution in [0.15, 0.2) is 41.5 Å². The SMILES string of the molecule is CC(C)(C)OC(=O)NC(=N)c1ccc(CN)c(Cl)c1.CC(C)(C)OC(=O)NC(=N)c1ccc(CN=[N+]=[N-])c(Cl)c1. The minimum absolute atomic E-state index is 0.0697. The Hall–Kier alpha value is -3.83. The van der Waals surface area contributed by atoms with E-state index in [0.717, 1.165) is 5.56 Å². The number of hydrogen-bond donors (Lipinski definition) is 5. The summed E-state index contributed by atoms with van der Waals surface area (Å²) < 4.78 is 10.1. The molecule has 0 saturated carbocycles. The smallest absolute Gasteiger partial charge is 0.413 e. The van der Waals surface area contributed by atoms with Crippen LogP contribution in [0.4, 0.5) is 9.59 Å². The van der Waals surface area contributed by atoms with Crippen LogP contribution in [0.1, 0.15) is 63.8 Å². The van der Waals surface area contributed by atoms with Gasteiger partial charge in [0.25, 0.3) is 0 Å². The van der Waals surface area contributed by atoms with Crippen molar-refractivity contribution in [3.05, 3.63) is 79.1 Å². The molecule has 0 aromatic heterocycles. The van der Waals surface area contributed by atoms with Gasteiger partial charge in [0.15, 0.2) is 0 Å². The second-order valence-corrected chi connectivity index (χ2v) is 11.0. The van der Waals surface area contributed by atoms with Crippen LogP contribution in [0.2, 0.25) is 10.0 Å². The highest BCUT2D eigenvalue weighted by atomic mass is 35.5. The predicted octanol–water partition coefficient (Wildman–Crippen LogP) is 6.65. The van der Waals surface area contributed by atoms with Crippen LogP contribution < -0.4 is 16.4 Å². The van der Waals surface area contributed by atoms with Gasteiger partial charge in [-0.3, -0.25) is 21.5 Å². The van der Waals surface area contributed by atoms with Crippen LogP contribution in [-0.4, -0.2) is 35.1 Å². The molecule has 14 heteroatoms. The fourth-order valence-electron chi connectivity index (χ4n) is 2.76. The van der Waals surface area contributed by atoms with Crippen LogP contribution in [-0.2, 0) is 22.6 Å². The minimum Gasteiger partial charge on any atom is -0.444 e. The largest absolute Gasteiger partial charge is 0.444 e. The number of halogens is 2. The van der Waals surface area contributed by atoms with E-state index >= 15 is 0 Å². The fraction of sp³-hybridized carbons (Fsp3) is 0.385. The van der Waals surface area contributed by atoms with Gasteiger partial charge in [0, 0.05) is 32.6 Å². The second kappa shape index (κ2) is 15.1. The quantitative estimate of drug-likeness (QED) is 0.0848. The maximum Gasteiger partial charge on any atom is 0.413 e. The molecule has 2 aromatic carbocycles. The van der Waals surface area contributed by atoms with Crippen LogP contribution in [0.3, 0.4) is 0 Å². The number of ether oxygens (including phenoxy) is 2. The van der Waals surface area contributed by atoms with E-state index in [2.05, 4.69) is 20.7 Å². The molecule has 0 spiro atoms. The summed E-state index contributed by atoms with van der Waals surface area (Å²) in [5.74, 6) is -0.193. The Labute approximate surface area is 243 Å². The predicted molar refractivity (Wildman–Crippen MR) is 156 cm³/mol. The monoisotopic (exact) mass is 592 g/mol. The highest BCUT2D eigenvalue weighted by Crippen LogP contribution is 2.19. The lowest BCUT2D eigenvalue weighted by Gasteiger charge is -2.20. The molecule has 0 aliphatic rings. The van der Waals surface area contributed by atoms with Gasteiger partial charge in [-0.25, -0.2) is 9.59 Å². The average Bonchev–Trinajstić information content (AvgIpc) is 2.81. The van der Waals surface area contributed by atoms with Gasteiger partial charge in [0.05, 0.1) is 6.54 Å². The molecule has 40 heavy (non-hydrogen) atoms. The van der Waals surface area contributed by atoms with Crippen LogP contribution in [0, 0.1) is 10.8 Å². The molecule has 0 heterocycles. The third-order valence-corrected chi connectivity index (χ3v) is 5.16. The summed E-state index contributed by atoms with van der Waals surface area (Å²) in [6, 6.07) is 9.75. The highest BCUT2D eigenvalue weighted by Gasteiger charge is 2.19. The Morgan fingerprint density at radius 1 is 0.875 bits per heavy atom. The van der Waals surface area contributed by atoms with E-state index in [1.54, 1.807) is 71.9 Å². The maximum absolute atomic E-state index is 11.6. The van der Waals surface area contributed by atoms with E-state index in [9.17, 15) is 9.59 Å². The van der Waals surface area contributed by atoms with Crippen molar-refractivity contribution in [2.75, 3.05) is 0 Å². The summed E-state index contributed by atoms with van der Waals surface area (Å²) in [5.41, 5.74) is 14.9. The zero-order chi connectivity index (χ0) is 30.7. The number of hydrogen-bond acceptors (Lipinski definition) is 8. The molecule has 6 N–H and O–H groups in total. The van der Waals surface area contributed by atoms with Gasteiger partial charge in [0.1, 0.15) is 22.9 Å². The fourth-order valence-corrected chi connectivity index (χ4v) is 3.26. The number of carbonyl (C=O) groups is 2. The van der Waals surface area contributed by atoms with Crippen molar-refractivity contribution in [2.45, 2.75) is 65.8 Å². The van der Waals surface area contributed by atoms with Gasteiger partial charge in [-0.05, 0) is 70.3 Å². The molecule has 0 aliphatic heterocycles. The van der Waals surface area contributed by atoms with E-state index in [4.69, 9.17) is 54.8 Å². The summed E-state index contributed by atoms with van der Waals surface area (Å²) in [6.45, 7) is 10.9. The van der Waals surface area contributed by atoms with Crippen molar-refractivity contribution in [3.8, 4) is 0 Å². The number of amidine groups is 2. The molecule has 0 fully saturated rings. The van der Waals surface area contributed by atoms with E-state index < -0.39 is 23.4 Å².